The van der Waals surface area contributed by atoms with E-state index in [0.29, 0.717) is 5.88 Å². The Morgan fingerprint density at radius 2 is 2.16 bits per heavy atom. The van der Waals surface area contributed by atoms with E-state index in [9.17, 15) is 9.18 Å². The second kappa shape index (κ2) is 4.60. The predicted molar refractivity (Wildman–Crippen MR) is 65.8 cm³/mol. The number of nitrogens with two attached hydrogens (primary N) is 1. The minimum absolute atomic E-state index is 0.0395. The number of anilines is 1. The number of nitrogens with zero attached hydrogens (tertiary/aromatic N) is 2. The summed E-state index contributed by atoms with van der Waals surface area (Å²) < 4.78 is 20.4. The van der Waals surface area contributed by atoms with Gasteiger partial charge in [-0.1, -0.05) is 0 Å². The fourth-order valence-electron chi connectivity index (χ4n) is 1.62. The summed E-state index contributed by atoms with van der Waals surface area (Å²) in [7, 11) is 1.67. The quantitative estimate of drug-likeness (QED) is 0.827. The van der Waals surface area contributed by atoms with Crippen LogP contribution in [-0.2, 0) is 7.05 Å². The van der Waals surface area contributed by atoms with E-state index in [1.165, 1.54) is 4.68 Å². The van der Waals surface area contributed by atoms with Gasteiger partial charge >= 0.3 is 5.97 Å². The number of nitrogen functional groups attached to an aromatic ring is 1. The number of carboxylic acids is 1. The molecule has 0 bridgehead atoms. The molecule has 2 rings (SSSR count). The van der Waals surface area contributed by atoms with Gasteiger partial charge in [0.2, 0.25) is 5.88 Å². The number of hydrogen-bond donors (Lipinski definition) is 2. The summed E-state index contributed by atoms with van der Waals surface area (Å²) in [5.41, 5.74) is 5.93. The molecule has 0 atom stereocenters. The molecule has 2 aromatic rings. The summed E-state index contributed by atoms with van der Waals surface area (Å²) in [6.45, 7) is 1.78. The molecule has 100 valence electrons. The fourth-order valence-corrected chi connectivity index (χ4v) is 1.62. The van der Waals surface area contributed by atoms with Crippen molar-refractivity contribution in [1.29, 1.82) is 0 Å². The number of halogens is 1. The molecular formula is C12H12FN3O3. The summed E-state index contributed by atoms with van der Waals surface area (Å²) in [5.74, 6) is -1.86. The Hall–Kier alpha value is -2.57. The third kappa shape index (κ3) is 2.49. The molecule has 6 nitrogen and oxygen atoms in total. The van der Waals surface area contributed by atoms with Gasteiger partial charge in [-0.3, -0.25) is 0 Å². The summed E-state index contributed by atoms with van der Waals surface area (Å²) in [5, 5.41) is 12.8. The number of aryl methyl sites for hydroxylation is 2. The van der Waals surface area contributed by atoms with E-state index in [0.717, 1.165) is 17.8 Å². The Bertz CT molecular complexity index is 652. The van der Waals surface area contributed by atoms with Gasteiger partial charge in [-0.05, 0) is 13.0 Å². The molecule has 0 unspecified atom stereocenters. The number of benzene rings is 1. The molecule has 0 aliphatic rings. The minimum atomic E-state index is -1.38. The number of carbonyl (C=O) groups is 1. The molecule has 7 heteroatoms. The number of aromatic carboxylic acids is 1. The Kier molecular flexibility index (Phi) is 3.12. The first-order valence-corrected chi connectivity index (χ1v) is 5.39. The standard InChI is InChI=1S/C12H12FN3O3/c1-6-3-11(16(2)15-6)19-10-5-8(13)7(12(17)18)4-9(10)14/h3-5H,14H2,1-2H3,(H,17,18). The smallest absolute Gasteiger partial charge is 0.338 e. The first-order valence-electron chi connectivity index (χ1n) is 5.39. The molecular weight excluding hydrogens is 253 g/mol. The van der Waals surface area contributed by atoms with Crippen LogP contribution < -0.4 is 10.5 Å². The van der Waals surface area contributed by atoms with Gasteiger partial charge in [-0.2, -0.15) is 5.10 Å². The summed E-state index contributed by atoms with van der Waals surface area (Å²) in [6, 6.07) is 3.62. The molecule has 1 aromatic heterocycles. The van der Waals surface area contributed by atoms with Gasteiger partial charge in [-0.25, -0.2) is 13.9 Å². The molecule has 0 saturated carbocycles. The third-order valence-corrected chi connectivity index (χ3v) is 2.50. The molecule has 3 N–H and O–H groups in total. The van der Waals surface area contributed by atoms with Crippen molar-refractivity contribution >= 4 is 11.7 Å². The van der Waals surface area contributed by atoms with Crippen LogP contribution in [-0.4, -0.2) is 20.9 Å². The van der Waals surface area contributed by atoms with Crippen molar-refractivity contribution < 1.29 is 19.0 Å². The van der Waals surface area contributed by atoms with E-state index < -0.39 is 17.3 Å². The monoisotopic (exact) mass is 265 g/mol. The average molecular weight is 265 g/mol. The highest BCUT2D eigenvalue weighted by molar-refractivity contribution is 5.89. The van der Waals surface area contributed by atoms with E-state index in [1.54, 1.807) is 20.0 Å². The Labute approximate surface area is 108 Å². The maximum absolute atomic E-state index is 13.6. The molecule has 0 aliphatic heterocycles. The van der Waals surface area contributed by atoms with Crippen molar-refractivity contribution in [2.75, 3.05) is 5.73 Å². The molecule has 0 saturated heterocycles. The number of carboxylic acid groups (broad SMARTS) is 1. The highest BCUT2D eigenvalue weighted by Crippen LogP contribution is 2.30. The van der Waals surface area contributed by atoms with E-state index in [2.05, 4.69) is 5.10 Å². The molecule has 0 aliphatic carbocycles. The van der Waals surface area contributed by atoms with Crippen molar-refractivity contribution in [2.45, 2.75) is 6.92 Å². The van der Waals surface area contributed by atoms with Gasteiger partial charge in [0.15, 0.2) is 5.75 Å². The zero-order chi connectivity index (χ0) is 14.2. The topological polar surface area (TPSA) is 90.4 Å². The largest absolute Gasteiger partial charge is 0.478 e. The first-order chi connectivity index (χ1) is 8.88. The predicted octanol–water partition coefficient (Wildman–Crippen LogP) is 1.94. The van der Waals surface area contributed by atoms with Crippen LogP contribution in [0.25, 0.3) is 0 Å². The van der Waals surface area contributed by atoms with Gasteiger partial charge in [-0.15, -0.1) is 0 Å². The van der Waals surface area contributed by atoms with Crippen molar-refractivity contribution in [1.82, 2.24) is 9.78 Å². The highest BCUT2D eigenvalue weighted by atomic mass is 19.1. The maximum atomic E-state index is 13.6. The van der Waals surface area contributed by atoms with Crippen LogP contribution in [0.5, 0.6) is 11.6 Å². The van der Waals surface area contributed by atoms with E-state index in [1.807, 2.05) is 0 Å². The lowest BCUT2D eigenvalue weighted by molar-refractivity contribution is 0.0692. The van der Waals surface area contributed by atoms with Gasteiger partial charge in [0.05, 0.1) is 16.9 Å². The summed E-state index contributed by atoms with van der Waals surface area (Å²) in [4.78, 5) is 10.8. The van der Waals surface area contributed by atoms with Crippen LogP contribution in [0.1, 0.15) is 16.1 Å². The molecule has 1 heterocycles. The number of rotatable bonds is 3. The lowest BCUT2D eigenvalue weighted by Crippen LogP contribution is -2.04. The maximum Gasteiger partial charge on any atom is 0.338 e. The van der Waals surface area contributed by atoms with Crippen LogP contribution in [0.3, 0.4) is 0 Å². The fraction of sp³-hybridized carbons (Fsp3) is 0.167. The molecule has 1 aromatic carbocycles. The van der Waals surface area contributed by atoms with Crippen LogP contribution in [0.4, 0.5) is 10.1 Å². The first kappa shape index (κ1) is 12.9. The van der Waals surface area contributed by atoms with Crippen molar-refractivity contribution in [3.63, 3.8) is 0 Å². The molecule has 0 spiro atoms. The highest BCUT2D eigenvalue weighted by Gasteiger charge is 2.16. The lowest BCUT2D eigenvalue weighted by Gasteiger charge is -2.09. The average Bonchev–Trinajstić information content (AvgIpc) is 2.61. The number of hydrogen-bond acceptors (Lipinski definition) is 4. The Morgan fingerprint density at radius 3 is 2.68 bits per heavy atom. The van der Waals surface area contributed by atoms with Crippen LogP contribution in [0.2, 0.25) is 0 Å². The van der Waals surface area contributed by atoms with Crippen LogP contribution in [0.15, 0.2) is 18.2 Å². The lowest BCUT2D eigenvalue weighted by atomic mass is 10.2. The Morgan fingerprint density at radius 1 is 1.47 bits per heavy atom. The summed E-state index contributed by atoms with van der Waals surface area (Å²) >= 11 is 0. The van der Waals surface area contributed by atoms with Crippen LogP contribution >= 0.6 is 0 Å². The second-order valence-electron chi connectivity index (χ2n) is 4.02. The van der Waals surface area contributed by atoms with E-state index in [-0.39, 0.29) is 11.4 Å². The van der Waals surface area contributed by atoms with E-state index in [4.69, 9.17) is 15.6 Å². The SMILES string of the molecule is Cc1cc(Oc2cc(F)c(C(=O)O)cc2N)n(C)n1. The Balaban J connectivity index is 2.39. The van der Waals surface area contributed by atoms with Gasteiger partial charge in [0.1, 0.15) is 5.82 Å². The molecule has 19 heavy (non-hydrogen) atoms. The minimum Gasteiger partial charge on any atom is -0.478 e. The number of aromatic nitrogens is 2. The van der Waals surface area contributed by atoms with Crippen LogP contribution in [0, 0.1) is 12.7 Å². The van der Waals surface area contributed by atoms with Gasteiger partial charge in [0, 0.05) is 19.2 Å². The normalized spacial score (nSPS) is 10.5. The zero-order valence-electron chi connectivity index (χ0n) is 10.3. The van der Waals surface area contributed by atoms with Gasteiger partial charge in [0.25, 0.3) is 0 Å². The van der Waals surface area contributed by atoms with Gasteiger partial charge < -0.3 is 15.6 Å². The molecule has 0 fully saturated rings. The van der Waals surface area contributed by atoms with Crippen molar-refractivity contribution in [3.8, 4) is 11.6 Å². The van der Waals surface area contributed by atoms with E-state index >= 15 is 0 Å². The second-order valence-corrected chi connectivity index (χ2v) is 4.02. The number of ether oxygens (including phenoxy) is 1. The summed E-state index contributed by atoms with van der Waals surface area (Å²) in [6.07, 6.45) is 0. The zero-order valence-corrected chi connectivity index (χ0v) is 10.3. The molecule has 0 amide bonds. The van der Waals surface area contributed by atoms with Crippen molar-refractivity contribution in [2.24, 2.45) is 7.05 Å². The molecule has 0 radical (unpaired) electrons. The van der Waals surface area contributed by atoms with Crippen molar-refractivity contribution in [3.05, 3.63) is 35.3 Å². The third-order valence-electron chi connectivity index (χ3n) is 2.50.